The number of nitrogens with one attached hydrogen (secondary N) is 3. The minimum Gasteiger partial charge on any atom is -0.675 e. The van der Waals surface area contributed by atoms with Crippen molar-refractivity contribution in [3.8, 4) is 0 Å². The van der Waals surface area contributed by atoms with E-state index in [0.717, 1.165) is 0 Å². The predicted molar refractivity (Wildman–Crippen MR) is 43.9 cm³/mol. The second-order valence-electron chi connectivity index (χ2n) is 1.44. The molecule has 0 bridgehead atoms. The minimum atomic E-state index is -2.57. The standard InChI is InChI=1S/C2HF3N.C2H2F2N.C2H3FN.9Rf/c3-1(4)2(5)6;3-1-2(4)5;1-2(3)4;;;;;;;;;/h6H;1,5H;4H,1H2;;;;;;;;;/q3*-1;;;;;;;;;/b;2-1+;;;;;;;;;;. The van der Waals surface area contributed by atoms with Gasteiger partial charge in [-0.25, -0.2) is 17.6 Å². The minimum absolute atomic E-state index is 0. The molecule has 0 amide bonds. The van der Waals surface area contributed by atoms with Gasteiger partial charge in [-0.1, -0.05) is 6.58 Å². The van der Waals surface area contributed by atoms with Crippen molar-refractivity contribution in [1.82, 2.24) is 0 Å². The Bertz CT molecular complexity index is 234. The molecule has 3 nitrogen and oxygen atoms in total. The predicted octanol–water partition coefficient (Wildman–Crippen LogP) is 5.33. The molecule has 0 saturated heterocycles. The molecule has 0 radical (unpaired) electrons. The van der Waals surface area contributed by atoms with Crippen LogP contribution in [-0.2, 0) is 0 Å². The molecule has 0 aliphatic heterocycles. The van der Waals surface area contributed by atoms with E-state index in [1.54, 1.807) is 0 Å². The number of rotatable bonds is 0. The third kappa shape index (κ3) is 50.6. The molecular weight excluding hydrogens is 2630 g/mol. The van der Waals surface area contributed by atoms with Crippen LogP contribution in [0.5, 0.6) is 0 Å². The third-order valence-corrected chi connectivity index (χ3v) is 0.262. The average Bonchev–Trinajstić information content (AvgIpc) is 2.04. The molecule has 0 aliphatic rings. The largest absolute Gasteiger partial charge is 0.675 e. The Morgan fingerprint density at radius 1 is 0.625 bits per heavy atom. The van der Waals surface area contributed by atoms with Gasteiger partial charge in [0.05, 0.1) is 12.3 Å². The molecule has 0 atom stereocenters. The van der Waals surface area contributed by atoms with Crippen LogP contribution in [0.4, 0.5) is 26.3 Å². The van der Waals surface area contributed by atoms with Crippen molar-refractivity contribution in [3.05, 3.63) is 54.0 Å². The van der Waals surface area contributed by atoms with Crippen molar-refractivity contribution in [1.29, 1.82) is 0 Å². The summed E-state index contributed by atoms with van der Waals surface area (Å²) >= 11 is 0. The molecule has 0 rings (SSSR count). The first kappa shape index (κ1) is 1360. The zero-order valence-electron chi connectivity index (χ0n) is 13.4. The fraction of sp³-hybridized carbons (Fsp3) is 0. The van der Waals surface area contributed by atoms with Crippen LogP contribution in [-0.4, -0.2) is 0 Å². The van der Waals surface area contributed by atoms with Crippen LogP contribution in [0.25, 0.3) is 17.2 Å². The second kappa shape index (κ2) is 316. The van der Waals surface area contributed by atoms with Crippen LogP contribution in [0.1, 0.15) is 0 Å². The topological polar surface area (TPSA) is 71.4 Å². The molecule has 0 heterocycles. The van der Waals surface area contributed by atoms with Crippen LogP contribution in [0.3, 0.4) is 0 Å². The molecule has 108 valence electrons. The summed E-state index contributed by atoms with van der Waals surface area (Å²) in [4.78, 5) is 0. The first-order chi connectivity index (χ1) is 6.64. The summed E-state index contributed by atoms with van der Waals surface area (Å²) in [5.41, 5.74) is 16.9. The second-order valence-corrected chi connectivity index (χ2v) is 1.44. The number of hydrogen-bond acceptors (Lipinski definition) is 0. The summed E-state index contributed by atoms with van der Waals surface area (Å²) in [6, 6.07) is 0. The Kier molecular flexibility index (Phi) is 18000. The van der Waals surface area contributed by atoms with E-state index in [2.05, 4.69) is 6.58 Å². The van der Waals surface area contributed by atoms with E-state index in [-0.39, 0.29) is 0 Å². The fourth-order valence-electron chi connectivity index (χ4n) is 0. The van der Waals surface area contributed by atoms with E-state index in [4.69, 9.17) is 17.2 Å². The summed E-state index contributed by atoms with van der Waals surface area (Å²) in [7, 11) is 0. The summed E-state index contributed by atoms with van der Waals surface area (Å²) in [5, 5.41) is 0. The Morgan fingerprint density at radius 2 is 0.708 bits per heavy atom. The van der Waals surface area contributed by atoms with Crippen LogP contribution in [0.15, 0.2) is 36.8 Å². The monoisotopic (exact) mass is 2640 g/mol. The van der Waals surface area contributed by atoms with Gasteiger partial charge in [0.15, 0.2) is 0 Å². The molecule has 0 aromatic heterocycles. The first-order valence-corrected chi connectivity index (χ1v) is 2.81. The molecule has 24 heavy (non-hydrogen) atoms. The maximum atomic E-state index is 10.6. The molecule has 0 fully saturated rings. The van der Waals surface area contributed by atoms with E-state index in [1.807, 2.05) is 0 Å². The van der Waals surface area contributed by atoms with Gasteiger partial charge in [-0.05, 0) is 0 Å². The van der Waals surface area contributed by atoms with Gasteiger partial charge in [-0.15, -0.1) is 0 Å². The van der Waals surface area contributed by atoms with Gasteiger partial charge in [0.25, 0.3) is 6.08 Å². The van der Waals surface area contributed by atoms with Gasteiger partial charge in [0.2, 0.25) is 0 Å². The third-order valence-electron chi connectivity index (χ3n) is 0.262. The molecule has 0 aromatic rings. The van der Waals surface area contributed by atoms with Crippen molar-refractivity contribution in [3.63, 3.8) is 0 Å². The molecule has 0 spiro atoms. The van der Waals surface area contributed by atoms with Crippen LogP contribution >= 0.6 is 0 Å². The Labute approximate surface area is 81.5 Å². The Hall–Kier alpha value is -10.8. The number of halogens is 6. The average molecular weight is 2640 g/mol. The van der Waals surface area contributed by atoms with Gasteiger partial charge in [-0.3, -0.25) is 0 Å². The molecule has 0 unspecified atom stereocenters. The van der Waals surface area contributed by atoms with Crippen LogP contribution in [0, 0.1) is 0 Å². The quantitative estimate of drug-likeness (QED) is 0.233. The van der Waals surface area contributed by atoms with Crippen LogP contribution < -0.4 is 0 Å². The van der Waals surface area contributed by atoms with Crippen molar-refractivity contribution in [2.24, 2.45) is 0 Å². The van der Waals surface area contributed by atoms with Crippen molar-refractivity contribution >= 4 is 0 Å². The molecule has 0 saturated carbocycles. The Balaban J connectivity index is -0.00000000766. The fourth-order valence-corrected chi connectivity index (χ4v) is 0. The summed E-state index contributed by atoms with van der Waals surface area (Å²) in [6.45, 7) is 2.56. The zero-order chi connectivity index (χ0) is 13.0. The van der Waals surface area contributed by atoms with E-state index < -0.39 is 30.3 Å². The number of hydrogen-bond donors (Lipinski definition) is 0. The van der Waals surface area contributed by atoms with E-state index >= 15 is 0 Å². The maximum absolute atomic E-state index is 10.6. The molecule has 0 aliphatic carbocycles. The van der Waals surface area contributed by atoms with Crippen molar-refractivity contribution in [2.45, 2.75) is 0 Å². The van der Waals surface area contributed by atoms with Crippen molar-refractivity contribution < 1.29 is 26.3 Å². The SMILES string of the molecule is C=C([NH-])F.[NH-]/C(F)=C/F.[NH-]C(F)=C(F)F.[Rf].[Rf].[Rf].[Rf].[Rf].[Rf].[Rf].[Rf].[Rf]. The summed E-state index contributed by atoms with van der Waals surface area (Å²) in [5.74, 6) is -4.78. The van der Waals surface area contributed by atoms with Crippen LogP contribution in [0.2, 0.25) is 0 Å². The molecule has 3 N–H and O–H groups in total. The van der Waals surface area contributed by atoms with Gasteiger partial charge in [-0.2, -0.15) is 8.78 Å². The van der Waals surface area contributed by atoms with E-state index in [9.17, 15) is 26.3 Å². The summed E-state index contributed by atoms with van der Waals surface area (Å²) in [6.07, 6.45) is -2.99. The van der Waals surface area contributed by atoms with E-state index in [0.29, 0.717) is 0 Å². The normalized spacial score (nSPS) is 5.50. The van der Waals surface area contributed by atoms with Gasteiger partial charge in [0, 0.05) is 11.9 Å². The van der Waals surface area contributed by atoms with E-state index in [1.165, 1.54) is 0 Å². The maximum Gasteiger partial charge on any atom is 0.283 e. The Morgan fingerprint density at radius 3 is 0.708 bits per heavy atom. The smallest absolute Gasteiger partial charge is 0.283 e. The zero-order valence-corrected chi connectivity index (χ0v) is 71.0. The summed E-state index contributed by atoms with van der Waals surface area (Å²) < 4.78 is 63.0. The van der Waals surface area contributed by atoms with Crippen molar-refractivity contribution in [2.75, 3.05) is 0 Å². The first-order valence-electron chi connectivity index (χ1n) is 2.81. The van der Waals surface area contributed by atoms with Gasteiger partial charge >= 0.3 is 0 Å². The molecule has 0 aromatic carbocycles. The molecule has 18 heteroatoms. The molecular formula is C6H6F6N3Rf9-3. The van der Waals surface area contributed by atoms with Gasteiger partial charge < -0.3 is 17.2 Å². The van der Waals surface area contributed by atoms with Gasteiger partial charge in [0.1, 0.15) is 0 Å².